The number of carboxylic acid groups (broad SMARTS) is 1. The number of rotatable bonds is 4. The summed E-state index contributed by atoms with van der Waals surface area (Å²) in [6, 6.07) is -0.344. The number of nitrogens with one attached hydrogen (secondary N) is 2. The zero-order chi connectivity index (χ0) is 12.3. The fraction of sp³-hybridized carbons (Fsp3) is 0.818. The monoisotopic (exact) mass is 258 g/mol. The molecule has 1 saturated carbocycles. The van der Waals surface area contributed by atoms with Gasteiger partial charge in [-0.3, -0.25) is 0 Å². The average Bonchev–Trinajstić information content (AvgIpc) is 3.09. The summed E-state index contributed by atoms with van der Waals surface area (Å²) < 4.78 is 0. The van der Waals surface area contributed by atoms with Gasteiger partial charge in [0.25, 0.3) is 0 Å². The second-order valence-electron chi connectivity index (χ2n) is 4.78. The highest BCUT2D eigenvalue weighted by atomic mass is 32.2. The number of carboxylic acids is 1. The van der Waals surface area contributed by atoms with Crippen LogP contribution in [0, 0.1) is 5.92 Å². The minimum Gasteiger partial charge on any atom is -0.480 e. The van der Waals surface area contributed by atoms with Crippen LogP contribution >= 0.6 is 11.8 Å². The molecule has 1 saturated heterocycles. The van der Waals surface area contributed by atoms with E-state index in [0.717, 1.165) is 24.3 Å². The highest BCUT2D eigenvalue weighted by molar-refractivity contribution is 7.99. The van der Waals surface area contributed by atoms with Crippen molar-refractivity contribution in [2.45, 2.75) is 31.2 Å². The molecule has 17 heavy (non-hydrogen) atoms. The van der Waals surface area contributed by atoms with Gasteiger partial charge in [-0.2, -0.15) is 11.8 Å². The van der Waals surface area contributed by atoms with Crippen LogP contribution in [0.2, 0.25) is 0 Å². The Morgan fingerprint density at radius 1 is 1.29 bits per heavy atom. The minimum absolute atomic E-state index is 0.344. The predicted molar refractivity (Wildman–Crippen MR) is 66.2 cm³/mol. The van der Waals surface area contributed by atoms with Crippen LogP contribution in [-0.2, 0) is 4.79 Å². The summed E-state index contributed by atoms with van der Waals surface area (Å²) in [6.07, 6.45) is 3.34. The van der Waals surface area contributed by atoms with Crippen molar-refractivity contribution in [3.8, 4) is 0 Å². The lowest BCUT2D eigenvalue weighted by molar-refractivity contribution is -0.140. The Hall–Kier alpha value is -0.910. The first-order chi connectivity index (χ1) is 8.12. The molecule has 0 aromatic rings. The lowest BCUT2D eigenvalue weighted by atomic mass is 10.0. The molecule has 3 N–H and O–H groups in total. The second-order valence-corrected chi connectivity index (χ2v) is 6.00. The van der Waals surface area contributed by atoms with E-state index >= 15 is 0 Å². The molecule has 6 heteroatoms. The van der Waals surface area contributed by atoms with Crippen molar-refractivity contribution < 1.29 is 14.7 Å². The highest BCUT2D eigenvalue weighted by Crippen LogP contribution is 2.35. The van der Waals surface area contributed by atoms with Gasteiger partial charge < -0.3 is 15.7 Å². The van der Waals surface area contributed by atoms with Crippen molar-refractivity contribution in [3.05, 3.63) is 0 Å². The first-order valence-corrected chi connectivity index (χ1v) is 7.15. The molecule has 0 aromatic heterocycles. The molecule has 1 aliphatic heterocycles. The van der Waals surface area contributed by atoms with E-state index in [0.29, 0.717) is 25.3 Å². The number of hydrogen-bond acceptors (Lipinski definition) is 3. The molecule has 0 aromatic carbocycles. The normalized spacial score (nSPS) is 22.8. The largest absolute Gasteiger partial charge is 0.480 e. The number of amides is 2. The van der Waals surface area contributed by atoms with E-state index in [1.807, 2.05) is 11.8 Å². The first kappa shape index (κ1) is 12.5. The SMILES string of the molecule is O=C(NCC1CCSCC1)NC1(C(=O)O)CC1. The summed E-state index contributed by atoms with van der Waals surface area (Å²) in [4.78, 5) is 22.4. The Labute approximate surface area is 105 Å². The standard InChI is InChI=1S/C11H18N2O3S/c14-9(15)11(3-4-11)13-10(16)12-7-8-1-5-17-6-2-8/h8H,1-7H2,(H,14,15)(H2,12,13,16). The van der Waals surface area contributed by atoms with Crippen LogP contribution in [0.5, 0.6) is 0 Å². The van der Waals surface area contributed by atoms with Crippen molar-refractivity contribution in [3.63, 3.8) is 0 Å². The van der Waals surface area contributed by atoms with Crippen LogP contribution in [0.4, 0.5) is 4.79 Å². The summed E-state index contributed by atoms with van der Waals surface area (Å²) in [5.41, 5.74) is -0.980. The van der Waals surface area contributed by atoms with E-state index in [-0.39, 0.29) is 6.03 Å². The molecule has 2 fully saturated rings. The fourth-order valence-electron chi connectivity index (χ4n) is 1.97. The maximum Gasteiger partial charge on any atom is 0.329 e. The Morgan fingerprint density at radius 3 is 2.47 bits per heavy atom. The zero-order valence-corrected chi connectivity index (χ0v) is 10.5. The van der Waals surface area contributed by atoms with E-state index in [4.69, 9.17) is 5.11 Å². The summed E-state index contributed by atoms with van der Waals surface area (Å²) in [5.74, 6) is 1.93. The smallest absolute Gasteiger partial charge is 0.329 e. The molecule has 2 amide bonds. The Bertz CT molecular complexity index is 312. The van der Waals surface area contributed by atoms with Crippen molar-refractivity contribution in [1.82, 2.24) is 10.6 Å². The van der Waals surface area contributed by atoms with Gasteiger partial charge in [-0.05, 0) is 43.1 Å². The molecule has 0 atom stereocenters. The van der Waals surface area contributed by atoms with Crippen LogP contribution in [-0.4, -0.2) is 40.7 Å². The highest BCUT2D eigenvalue weighted by Gasteiger charge is 2.51. The summed E-state index contributed by atoms with van der Waals surface area (Å²) in [6.45, 7) is 0.655. The quantitative estimate of drug-likeness (QED) is 0.704. The lowest BCUT2D eigenvalue weighted by Crippen LogP contribution is -2.48. The van der Waals surface area contributed by atoms with Crippen LogP contribution in [0.1, 0.15) is 25.7 Å². The molecule has 0 spiro atoms. The third kappa shape index (κ3) is 3.28. The van der Waals surface area contributed by atoms with Gasteiger partial charge in [-0.15, -0.1) is 0 Å². The van der Waals surface area contributed by atoms with Gasteiger partial charge in [-0.25, -0.2) is 9.59 Å². The Kier molecular flexibility index (Phi) is 3.81. The summed E-state index contributed by atoms with van der Waals surface area (Å²) >= 11 is 1.95. The van der Waals surface area contributed by atoms with Crippen LogP contribution in [0.15, 0.2) is 0 Å². The first-order valence-electron chi connectivity index (χ1n) is 5.99. The lowest BCUT2D eigenvalue weighted by Gasteiger charge is -2.22. The third-order valence-corrected chi connectivity index (χ3v) is 4.45. The second kappa shape index (κ2) is 5.16. The zero-order valence-electron chi connectivity index (χ0n) is 9.70. The van der Waals surface area contributed by atoms with E-state index in [2.05, 4.69) is 10.6 Å². The number of urea groups is 1. The van der Waals surface area contributed by atoms with Crippen LogP contribution in [0.3, 0.4) is 0 Å². The molecule has 2 rings (SSSR count). The van der Waals surface area contributed by atoms with Gasteiger partial charge in [-0.1, -0.05) is 0 Å². The van der Waals surface area contributed by atoms with Crippen molar-refractivity contribution >= 4 is 23.8 Å². The number of thioether (sulfide) groups is 1. The van der Waals surface area contributed by atoms with E-state index in [9.17, 15) is 9.59 Å². The number of aliphatic carboxylic acids is 1. The predicted octanol–water partition coefficient (Wildman–Crippen LogP) is 1.05. The molecule has 1 aliphatic carbocycles. The van der Waals surface area contributed by atoms with Crippen molar-refractivity contribution in [2.24, 2.45) is 5.92 Å². The van der Waals surface area contributed by atoms with Gasteiger partial charge in [0.1, 0.15) is 5.54 Å². The molecule has 2 aliphatic rings. The van der Waals surface area contributed by atoms with Crippen molar-refractivity contribution in [2.75, 3.05) is 18.1 Å². The number of carbonyl (C=O) groups excluding carboxylic acids is 1. The van der Waals surface area contributed by atoms with Crippen LogP contribution < -0.4 is 10.6 Å². The van der Waals surface area contributed by atoms with Crippen LogP contribution in [0.25, 0.3) is 0 Å². The van der Waals surface area contributed by atoms with Gasteiger partial charge in [0.2, 0.25) is 0 Å². The molecule has 0 radical (unpaired) electrons. The van der Waals surface area contributed by atoms with Gasteiger partial charge in [0.15, 0.2) is 0 Å². The molecule has 0 unspecified atom stereocenters. The molecule has 5 nitrogen and oxygen atoms in total. The van der Waals surface area contributed by atoms with Gasteiger partial charge in [0.05, 0.1) is 0 Å². The minimum atomic E-state index is -0.980. The topological polar surface area (TPSA) is 78.4 Å². The molecular weight excluding hydrogens is 240 g/mol. The summed E-state index contributed by atoms with van der Waals surface area (Å²) in [5, 5.41) is 14.3. The maximum absolute atomic E-state index is 11.6. The molecule has 1 heterocycles. The average molecular weight is 258 g/mol. The number of hydrogen-bond donors (Lipinski definition) is 3. The molecular formula is C11H18N2O3S. The van der Waals surface area contributed by atoms with Gasteiger partial charge in [0, 0.05) is 6.54 Å². The fourth-order valence-corrected chi connectivity index (χ4v) is 3.17. The number of carbonyl (C=O) groups is 2. The van der Waals surface area contributed by atoms with E-state index in [1.54, 1.807) is 0 Å². The third-order valence-electron chi connectivity index (χ3n) is 3.40. The van der Waals surface area contributed by atoms with Crippen molar-refractivity contribution in [1.29, 1.82) is 0 Å². The molecule has 96 valence electrons. The van der Waals surface area contributed by atoms with Gasteiger partial charge >= 0.3 is 12.0 Å². The maximum atomic E-state index is 11.6. The summed E-state index contributed by atoms with van der Waals surface area (Å²) in [7, 11) is 0. The molecule has 0 bridgehead atoms. The Balaban J connectivity index is 1.69. The van der Waals surface area contributed by atoms with E-state index < -0.39 is 11.5 Å². The Morgan fingerprint density at radius 2 is 1.94 bits per heavy atom. The van der Waals surface area contributed by atoms with E-state index in [1.165, 1.54) is 0 Å².